The van der Waals surface area contributed by atoms with Crippen LogP contribution < -0.4 is 10.2 Å². The summed E-state index contributed by atoms with van der Waals surface area (Å²) in [4.78, 5) is 37.8. The van der Waals surface area contributed by atoms with Crippen molar-refractivity contribution < 1.29 is 23.1 Å². The number of rotatable bonds is 8. The van der Waals surface area contributed by atoms with Crippen molar-refractivity contribution in [2.75, 3.05) is 23.8 Å². The zero-order valence-corrected chi connectivity index (χ0v) is 31.3. The molecule has 0 saturated heterocycles. The van der Waals surface area contributed by atoms with Crippen molar-refractivity contribution in [2.45, 2.75) is 68.8 Å². The molecule has 12 heteroatoms. The maximum absolute atomic E-state index is 14.4. The molecule has 1 amide bonds. The molecule has 0 spiro atoms. The van der Waals surface area contributed by atoms with Gasteiger partial charge in [-0.05, 0) is 128 Å². The Morgan fingerprint density at radius 2 is 1.62 bits per heavy atom. The molecule has 5 aromatic rings. The summed E-state index contributed by atoms with van der Waals surface area (Å²) in [7, 11) is -2.12. The lowest BCUT2D eigenvalue weighted by molar-refractivity contribution is -0.0496. The van der Waals surface area contributed by atoms with Crippen molar-refractivity contribution in [2.24, 2.45) is 17.8 Å². The molecule has 3 aromatic carbocycles. The molecule has 1 aliphatic heterocycles. The van der Waals surface area contributed by atoms with E-state index in [0.717, 1.165) is 40.6 Å². The lowest BCUT2D eigenvalue weighted by Crippen LogP contribution is -2.60. The van der Waals surface area contributed by atoms with Crippen molar-refractivity contribution in [3.05, 3.63) is 101 Å². The normalized spacial score (nSPS) is 23.4. The number of carboxylic acid groups (broad SMARTS) is 1. The molecule has 4 saturated carbocycles. The average Bonchev–Trinajstić information content (AvgIpc) is 3.55. The molecule has 53 heavy (non-hydrogen) atoms. The third-order valence-corrected chi connectivity index (χ3v) is 15.4. The summed E-state index contributed by atoms with van der Waals surface area (Å²) >= 11 is 1.42. The van der Waals surface area contributed by atoms with Crippen molar-refractivity contribution in [1.29, 1.82) is 0 Å². The molecule has 2 aromatic heterocycles. The predicted molar refractivity (Wildman–Crippen MR) is 206 cm³/mol. The number of fused-ring (bicyclic) bond motifs is 2. The van der Waals surface area contributed by atoms with Crippen molar-refractivity contribution in [1.82, 2.24) is 14.3 Å². The summed E-state index contributed by atoms with van der Waals surface area (Å²) in [6, 6.07) is 22.1. The number of para-hydroxylation sites is 1. The highest BCUT2D eigenvalue weighted by molar-refractivity contribution is 7.89. The maximum Gasteiger partial charge on any atom is 0.355 e. The summed E-state index contributed by atoms with van der Waals surface area (Å²) in [5.74, 6) is 0.799. The molecule has 4 bridgehead atoms. The third-order valence-electron chi connectivity index (χ3n) is 12.3. The first kappa shape index (κ1) is 34.1. The number of pyridine rings is 1. The lowest BCUT2D eigenvalue weighted by atomic mass is 9.53. The second kappa shape index (κ2) is 12.7. The molecule has 10 nitrogen and oxygen atoms in total. The van der Waals surface area contributed by atoms with Gasteiger partial charge in [-0.3, -0.25) is 10.1 Å². The van der Waals surface area contributed by atoms with Crippen LogP contribution in [0, 0.1) is 24.7 Å². The Morgan fingerprint density at radius 3 is 2.34 bits per heavy atom. The van der Waals surface area contributed by atoms with E-state index in [0.29, 0.717) is 70.5 Å². The van der Waals surface area contributed by atoms with Crippen LogP contribution in [0.4, 0.5) is 10.9 Å². The molecule has 0 atom stereocenters. The molecule has 0 unspecified atom stereocenters. The number of hydrogen-bond donors (Lipinski definition) is 2. The Kier molecular flexibility index (Phi) is 8.21. The summed E-state index contributed by atoms with van der Waals surface area (Å²) in [6.07, 6.45) is 7.05. The number of benzene rings is 3. The first-order valence-electron chi connectivity index (χ1n) is 18.3. The number of thiazole rings is 1. The summed E-state index contributed by atoms with van der Waals surface area (Å²) in [5.41, 5.74) is 4.17. The fourth-order valence-electron chi connectivity index (χ4n) is 10.1. The predicted octanol–water partition coefficient (Wildman–Crippen LogP) is 7.77. The molecule has 3 heterocycles. The highest BCUT2D eigenvalue weighted by Crippen LogP contribution is 2.58. The first-order valence-corrected chi connectivity index (χ1v) is 20.6. The van der Waals surface area contributed by atoms with Crippen LogP contribution in [-0.4, -0.2) is 58.8 Å². The quantitative estimate of drug-likeness (QED) is 0.165. The van der Waals surface area contributed by atoms with Gasteiger partial charge in [0.1, 0.15) is 5.82 Å². The largest absolute Gasteiger partial charge is 0.476 e. The summed E-state index contributed by atoms with van der Waals surface area (Å²) in [6.45, 7) is 2.72. The molecular weight excluding hydrogens is 707 g/mol. The minimum atomic E-state index is -3.87. The highest BCUT2D eigenvalue weighted by atomic mass is 32.2. The standard InChI is InChI=1S/C41H41N5O5S2/c1-24-29(8-6-12-35(24)53(50,51)45(2)41-20-25-17-26(21-41)19-27(18-25)22-41)30-13-14-36(43-37(30)39(48)49)46-16-15-28-7-5-9-31(32(28)23-46)38(47)44-40-42-33-10-3-4-11-34(33)52-40/h3-14,25-27H,15-23H2,1-2H3,(H,48,49)(H,42,44,47). The van der Waals surface area contributed by atoms with E-state index in [1.807, 2.05) is 41.3 Å². The van der Waals surface area contributed by atoms with Crippen LogP contribution in [-0.2, 0) is 23.0 Å². The number of nitrogens with one attached hydrogen (secondary N) is 1. The van der Waals surface area contributed by atoms with Gasteiger partial charge < -0.3 is 10.0 Å². The van der Waals surface area contributed by atoms with E-state index in [9.17, 15) is 23.1 Å². The van der Waals surface area contributed by atoms with Gasteiger partial charge in [0.15, 0.2) is 10.8 Å². The topological polar surface area (TPSA) is 133 Å². The van der Waals surface area contributed by atoms with Gasteiger partial charge in [-0.25, -0.2) is 23.2 Å². The maximum atomic E-state index is 14.4. The monoisotopic (exact) mass is 747 g/mol. The third kappa shape index (κ3) is 5.82. The van der Waals surface area contributed by atoms with E-state index in [4.69, 9.17) is 0 Å². The summed E-state index contributed by atoms with van der Waals surface area (Å²) < 4.78 is 31.5. The number of amides is 1. The molecule has 272 valence electrons. The molecule has 2 N–H and O–H groups in total. The fourth-order valence-corrected chi connectivity index (χ4v) is 12.8. The van der Waals surface area contributed by atoms with Crippen LogP contribution in [0.1, 0.15) is 76.1 Å². The Hall–Kier alpha value is -4.65. The zero-order valence-electron chi connectivity index (χ0n) is 29.7. The second-order valence-electron chi connectivity index (χ2n) is 15.5. The lowest BCUT2D eigenvalue weighted by Gasteiger charge is -2.59. The molecule has 5 aliphatic rings. The van der Waals surface area contributed by atoms with Gasteiger partial charge in [-0.2, -0.15) is 4.31 Å². The van der Waals surface area contributed by atoms with Crippen LogP contribution in [0.15, 0.2) is 77.7 Å². The van der Waals surface area contributed by atoms with Gasteiger partial charge in [0, 0.05) is 36.8 Å². The van der Waals surface area contributed by atoms with E-state index < -0.39 is 16.0 Å². The highest BCUT2D eigenvalue weighted by Gasteiger charge is 2.55. The van der Waals surface area contributed by atoms with Gasteiger partial charge in [0.05, 0.1) is 15.1 Å². The Balaban J connectivity index is 0.999. The summed E-state index contributed by atoms with van der Waals surface area (Å²) in [5, 5.41) is 14.0. The number of hydrogen-bond acceptors (Lipinski definition) is 8. The molecule has 4 fully saturated rings. The van der Waals surface area contributed by atoms with Crippen LogP contribution in [0.2, 0.25) is 0 Å². The first-order chi connectivity index (χ1) is 25.5. The number of carboxylic acids is 1. The van der Waals surface area contributed by atoms with Gasteiger partial charge in [-0.15, -0.1) is 0 Å². The minimum absolute atomic E-state index is 0.151. The van der Waals surface area contributed by atoms with E-state index in [1.165, 1.54) is 30.6 Å². The number of nitrogens with zero attached hydrogens (tertiary/aromatic N) is 4. The van der Waals surface area contributed by atoms with Crippen molar-refractivity contribution in [3.8, 4) is 11.1 Å². The molecule has 4 aliphatic carbocycles. The van der Waals surface area contributed by atoms with E-state index in [-0.39, 0.29) is 22.0 Å². The molecular formula is C41H41N5O5S2. The molecule has 10 rings (SSSR count). The van der Waals surface area contributed by atoms with E-state index in [2.05, 4.69) is 15.3 Å². The zero-order chi connectivity index (χ0) is 36.6. The Morgan fingerprint density at radius 1 is 0.906 bits per heavy atom. The van der Waals surface area contributed by atoms with Gasteiger partial charge in [0.2, 0.25) is 10.0 Å². The fraction of sp³-hybridized carbons (Fsp3) is 0.366. The molecule has 0 radical (unpaired) electrons. The SMILES string of the molecule is Cc1c(-c2ccc(N3CCc4cccc(C(=O)Nc5nc6ccccc6s5)c4C3)nc2C(=O)O)cccc1S(=O)(=O)N(C)C12CC3CC(CC(C3)C1)C2. The number of anilines is 2. The van der Waals surface area contributed by atoms with Gasteiger partial charge >= 0.3 is 5.97 Å². The van der Waals surface area contributed by atoms with E-state index >= 15 is 0 Å². The number of carbonyl (C=O) groups excluding carboxylic acids is 1. The Labute approximate surface area is 312 Å². The second-order valence-corrected chi connectivity index (χ2v) is 18.4. The number of sulfonamides is 1. The van der Waals surface area contributed by atoms with E-state index in [1.54, 1.807) is 54.7 Å². The van der Waals surface area contributed by atoms with Crippen molar-refractivity contribution in [3.63, 3.8) is 0 Å². The number of aromatic nitrogens is 2. The Bertz CT molecular complexity index is 2360. The average molecular weight is 748 g/mol. The van der Waals surface area contributed by atoms with Crippen molar-refractivity contribution >= 4 is 54.4 Å². The van der Waals surface area contributed by atoms with Crippen LogP contribution in [0.25, 0.3) is 21.3 Å². The van der Waals surface area contributed by atoms with Crippen LogP contribution in [0.5, 0.6) is 0 Å². The van der Waals surface area contributed by atoms with Gasteiger partial charge in [0.25, 0.3) is 5.91 Å². The van der Waals surface area contributed by atoms with Crippen LogP contribution >= 0.6 is 11.3 Å². The number of aromatic carboxylic acids is 1. The number of carbonyl (C=O) groups is 2. The minimum Gasteiger partial charge on any atom is -0.476 e. The van der Waals surface area contributed by atoms with Crippen LogP contribution in [0.3, 0.4) is 0 Å². The van der Waals surface area contributed by atoms with Gasteiger partial charge in [-0.1, -0.05) is 47.7 Å². The smallest absolute Gasteiger partial charge is 0.355 e.